The second kappa shape index (κ2) is 10.3. The van der Waals surface area contributed by atoms with Crippen molar-refractivity contribution in [2.24, 2.45) is 29.6 Å². The monoisotopic (exact) mass is 453 g/mol. The molecule has 0 aromatic rings. The highest BCUT2D eigenvalue weighted by atomic mass is 15.2. The Kier molecular flexibility index (Phi) is 7.20. The van der Waals surface area contributed by atoms with Crippen LogP contribution in [-0.2, 0) is 0 Å². The van der Waals surface area contributed by atoms with E-state index in [1.165, 1.54) is 116 Å². The Morgan fingerprint density at radius 3 is 2.76 bits per heavy atom. The fourth-order valence-electron chi connectivity index (χ4n) is 9.43. The first-order valence-corrected chi connectivity index (χ1v) is 15.1. The SMILES string of the molecule is C[C@@H]1CCN2C(CC3CCNC4CC(CC5CCN6CCC=CC6C5)CCC34)CCCC2C1. The molecule has 5 aliphatic heterocycles. The number of fused-ring (bicyclic) bond motifs is 3. The molecule has 8 unspecified atom stereocenters. The molecule has 1 saturated carbocycles. The maximum atomic E-state index is 4.03. The standard InChI is InChI=1S/C30H51N3/c1-22-11-16-33-27(17-22)6-4-7-28(33)21-25-10-13-31-30-20-23(8-9-29(25)30)18-24-12-15-32-14-3-2-5-26(32)19-24/h2,5,22-31H,3-4,6-21H2,1H3/t22-,23?,24?,25?,26?,27?,28?,29?,30?/m1/s1. The van der Waals surface area contributed by atoms with Crippen LogP contribution in [0.4, 0.5) is 0 Å². The minimum Gasteiger partial charge on any atom is -0.314 e. The number of piperidine rings is 4. The van der Waals surface area contributed by atoms with Crippen LogP contribution in [0.1, 0.15) is 96.8 Å². The van der Waals surface area contributed by atoms with Gasteiger partial charge in [0, 0.05) is 30.7 Å². The van der Waals surface area contributed by atoms with E-state index in [2.05, 4.69) is 34.2 Å². The van der Waals surface area contributed by atoms with Crippen LogP contribution >= 0.6 is 0 Å². The molecule has 3 heteroatoms. The molecular formula is C30H51N3. The summed E-state index contributed by atoms with van der Waals surface area (Å²) >= 11 is 0. The van der Waals surface area contributed by atoms with Crippen molar-refractivity contribution in [3.05, 3.63) is 12.2 Å². The van der Waals surface area contributed by atoms with E-state index in [-0.39, 0.29) is 0 Å². The Morgan fingerprint density at radius 2 is 1.79 bits per heavy atom. The fourth-order valence-corrected chi connectivity index (χ4v) is 9.43. The summed E-state index contributed by atoms with van der Waals surface area (Å²) in [5.74, 6) is 4.91. The molecule has 9 atom stereocenters. The summed E-state index contributed by atoms with van der Waals surface area (Å²) < 4.78 is 0. The van der Waals surface area contributed by atoms with Crippen LogP contribution in [0.5, 0.6) is 0 Å². The number of nitrogens with one attached hydrogen (secondary N) is 1. The number of hydrogen-bond donors (Lipinski definition) is 1. The first kappa shape index (κ1) is 23.0. The summed E-state index contributed by atoms with van der Waals surface area (Å²) in [4.78, 5) is 5.75. The second-order valence-electron chi connectivity index (χ2n) is 13.2. The number of rotatable bonds is 4. The normalized spacial score (nSPS) is 46.9. The van der Waals surface area contributed by atoms with Crippen molar-refractivity contribution in [1.82, 2.24) is 15.1 Å². The van der Waals surface area contributed by atoms with Crippen molar-refractivity contribution in [3.63, 3.8) is 0 Å². The van der Waals surface area contributed by atoms with Gasteiger partial charge in [0.25, 0.3) is 0 Å². The highest BCUT2D eigenvalue weighted by molar-refractivity contribution is 5.03. The molecular weight excluding hydrogens is 402 g/mol. The van der Waals surface area contributed by atoms with E-state index in [9.17, 15) is 0 Å². The molecule has 0 aromatic heterocycles. The summed E-state index contributed by atoms with van der Waals surface area (Å²) in [5.41, 5.74) is 0. The highest BCUT2D eigenvalue weighted by Crippen LogP contribution is 2.44. The van der Waals surface area contributed by atoms with E-state index in [1.807, 2.05) is 0 Å². The van der Waals surface area contributed by atoms with Crippen LogP contribution in [0.3, 0.4) is 0 Å². The van der Waals surface area contributed by atoms with Gasteiger partial charge in [-0.15, -0.1) is 0 Å². The van der Waals surface area contributed by atoms with E-state index >= 15 is 0 Å². The third kappa shape index (κ3) is 5.12. The molecule has 0 spiro atoms. The first-order valence-electron chi connectivity index (χ1n) is 15.1. The number of hydrogen-bond acceptors (Lipinski definition) is 3. The molecule has 33 heavy (non-hydrogen) atoms. The van der Waals surface area contributed by atoms with Crippen molar-refractivity contribution >= 4 is 0 Å². The fraction of sp³-hybridized carbons (Fsp3) is 0.933. The molecule has 5 fully saturated rings. The Hall–Kier alpha value is -0.380. The van der Waals surface area contributed by atoms with Gasteiger partial charge in [0.1, 0.15) is 0 Å². The Bertz CT molecular complexity index is 675. The van der Waals surface area contributed by atoms with Gasteiger partial charge in [-0.2, -0.15) is 0 Å². The third-order valence-electron chi connectivity index (χ3n) is 11.2. The first-order chi connectivity index (χ1) is 16.2. The van der Waals surface area contributed by atoms with Crippen LogP contribution in [0.2, 0.25) is 0 Å². The number of nitrogens with zero attached hydrogens (tertiary/aromatic N) is 2. The molecule has 1 aliphatic carbocycles. The van der Waals surface area contributed by atoms with Gasteiger partial charge in [0.15, 0.2) is 0 Å². The summed E-state index contributed by atoms with van der Waals surface area (Å²) in [6.07, 6.45) is 25.5. The molecule has 0 radical (unpaired) electrons. The van der Waals surface area contributed by atoms with E-state index < -0.39 is 0 Å². The van der Waals surface area contributed by atoms with E-state index in [1.54, 1.807) is 0 Å². The van der Waals surface area contributed by atoms with E-state index in [0.717, 1.165) is 53.8 Å². The summed E-state index contributed by atoms with van der Waals surface area (Å²) in [6.45, 7) is 7.84. The largest absolute Gasteiger partial charge is 0.314 e. The summed E-state index contributed by atoms with van der Waals surface area (Å²) in [5, 5.41) is 4.03. The second-order valence-corrected chi connectivity index (χ2v) is 13.2. The average Bonchev–Trinajstić information content (AvgIpc) is 2.84. The van der Waals surface area contributed by atoms with Crippen molar-refractivity contribution in [3.8, 4) is 0 Å². The van der Waals surface area contributed by atoms with E-state index in [4.69, 9.17) is 0 Å². The molecule has 186 valence electrons. The maximum Gasteiger partial charge on any atom is 0.0280 e. The molecule has 6 aliphatic rings. The molecule has 1 N–H and O–H groups in total. The minimum atomic E-state index is 0.767. The van der Waals surface area contributed by atoms with Crippen molar-refractivity contribution in [2.75, 3.05) is 26.2 Å². The zero-order chi connectivity index (χ0) is 22.2. The topological polar surface area (TPSA) is 18.5 Å². The van der Waals surface area contributed by atoms with Gasteiger partial charge in [-0.05, 0) is 126 Å². The van der Waals surface area contributed by atoms with Gasteiger partial charge in [0.05, 0.1) is 0 Å². The molecule has 3 nitrogen and oxygen atoms in total. The Labute approximate surface area is 204 Å². The molecule has 5 heterocycles. The highest BCUT2D eigenvalue weighted by Gasteiger charge is 2.42. The Balaban J connectivity index is 1.02. The predicted molar refractivity (Wildman–Crippen MR) is 138 cm³/mol. The third-order valence-corrected chi connectivity index (χ3v) is 11.2. The lowest BCUT2D eigenvalue weighted by Crippen LogP contribution is -2.54. The maximum absolute atomic E-state index is 4.03. The van der Waals surface area contributed by atoms with Crippen LogP contribution in [0.15, 0.2) is 12.2 Å². The van der Waals surface area contributed by atoms with Gasteiger partial charge < -0.3 is 5.32 Å². The van der Waals surface area contributed by atoms with Gasteiger partial charge in [-0.25, -0.2) is 0 Å². The van der Waals surface area contributed by atoms with Gasteiger partial charge in [0.2, 0.25) is 0 Å². The smallest absolute Gasteiger partial charge is 0.0280 e. The van der Waals surface area contributed by atoms with Gasteiger partial charge in [-0.3, -0.25) is 9.80 Å². The quantitative estimate of drug-likeness (QED) is 0.538. The Morgan fingerprint density at radius 1 is 0.848 bits per heavy atom. The molecule has 0 amide bonds. The van der Waals surface area contributed by atoms with Gasteiger partial charge >= 0.3 is 0 Å². The molecule has 6 rings (SSSR count). The van der Waals surface area contributed by atoms with Crippen molar-refractivity contribution in [1.29, 1.82) is 0 Å². The zero-order valence-electron chi connectivity index (χ0n) is 21.5. The van der Waals surface area contributed by atoms with Crippen LogP contribution < -0.4 is 5.32 Å². The molecule has 4 saturated heterocycles. The average molecular weight is 454 g/mol. The van der Waals surface area contributed by atoms with Crippen LogP contribution in [0, 0.1) is 29.6 Å². The summed E-state index contributed by atoms with van der Waals surface area (Å²) in [6, 6.07) is 3.43. The predicted octanol–water partition coefficient (Wildman–Crippen LogP) is 5.85. The van der Waals surface area contributed by atoms with Crippen LogP contribution in [0.25, 0.3) is 0 Å². The van der Waals surface area contributed by atoms with Crippen LogP contribution in [-0.4, -0.2) is 60.1 Å². The zero-order valence-corrected chi connectivity index (χ0v) is 21.5. The molecule has 0 bridgehead atoms. The lowest BCUT2D eigenvalue weighted by molar-refractivity contribution is 0.00500. The summed E-state index contributed by atoms with van der Waals surface area (Å²) in [7, 11) is 0. The van der Waals surface area contributed by atoms with E-state index in [0.29, 0.717) is 0 Å². The van der Waals surface area contributed by atoms with Gasteiger partial charge in [-0.1, -0.05) is 31.9 Å². The van der Waals surface area contributed by atoms with Crippen molar-refractivity contribution < 1.29 is 0 Å². The van der Waals surface area contributed by atoms with Crippen molar-refractivity contribution in [2.45, 2.75) is 121 Å². The minimum absolute atomic E-state index is 0.767. The molecule has 0 aromatic carbocycles. The lowest BCUT2D eigenvalue weighted by atomic mass is 9.65. The lowest BCUT2D eigenvalue weighted by Gasteiger charge is -2.50.